The van der Waals surface area contributed by atoms with E-state index in [1.165, 1.54) is 6.20 Å². The zero-order valence-electron chi connectivity index (χ0n) is 11.3. The van der Waals surface area contributed by atoms with Crippen molar-refractivity contribution >= 4 is 27.0 Å². The normalized spacial score (nSPS) is 13.1. The molecule has 1 unspecified atom stereocenters. The Balaban J connectivity index is 2.31. The van der Waals surface area contributed by atoms with Gasteiger partial charge in [-0.2, -0.15) is 0 Å². The average Bonchev–Trinajstić information content (AvgIpc) is 2.98. The van der Waals surface area contributed by atoms with Crippen LogP contribution < -0.4 is 10.0 Å². The summed E-state index contributed by atoms with van der Waals surface area (Å²) in [6.07, 6.45) is 3.60. The van der Waals surface area contributed by atoms with Crippen LogP contribution in [0.2, 0.25) is 0 Å². The maximum absolute atomic E-state index is 12.5. The van der Waals surface area contributed by atoms with Crippen LogP contribution in [0, 0.1) is 0 Å². The first kappa shape index (κ1) is 15.0. The molecule has 2 N–H and O–H groups in total. The molecule has 0 aromatic carbocycles. The van der Waals surface area contributed by atoms with Gasteiger partial charge in [-0.15, -0.1) is 11.3 Å². The highest BCUT2D eigenvalue weighted by Gasteiger charge is 2.23. The number of rotatable bonds is 6. The number of thiophene rings is 1. The van der Waals surface area contributed by atoms with Crippen molar-refractivity contribution in [2.75, 3.05) is 12.4 Å². The van der Waals surface area contributed by atoms with E-state index in [4.69, 9.17) is 0 Å². The van der Waals surface area contributed by atoms with Crippen molar-refractivity contribution < 1.29 is 8.42 Å². The van der Waals surface area contributed by atoms with Gasteiger partial charge in [-0.05, 0) is 23.9 Å². The fourth-order valence-electron chi connectivity index (χ4n) is 1.88. The fraction of sp³-hybridized carbons (Fsp3) is 0.308. The molecule has 0 saturated carbocycles. The Morgan fingerprint density at radius 3 is 2.80 bits per heavy atom. The standard InChI is InChI=1S/C13H17N3O2S2/c1-3-10(12-5-4-8-19-12)16-20(17,18)13-9-15-7-6-11(13)14-2/h4-10,16H,3H2,1-2H3,(H,14,15). The Labute approximate surface area is 123 Å². The monoisotopic (exact) mass is 311 g/mol. The third-order valence-corrected chi connectivity index (χ3v) is 5.42. The Morgan fingerprint density at radius 2 is 2.20 bits per heavy atom. The molecule has 7 heteroatoms. The van der Waals surface area contributed by atoms with Crippen molar-refractivity contribution in [2.24, 2.45) is 0 Å². The number of anilines is 1. The van der Waals surface area contributed by atoms with Crippen LogP contribution in [0.15, 0.2) is 40.9 Å². The Morgan fingerprint density at radius 1 is 1.40 bits per heavy atom. The van der Waals surface area contributed by atoms with Gasteiger partial charge in [0.15, 0.2) is 0 Å². The van der Waals surface area contributed by atoms with Gasteiger partial charge in [-0.3, -0.25) is 4.98 Å². The molecule has 2 heterocycles. The number of nitrogens with one attached hydrogen (secondary N) is 2. The number of hydrogen-bond donors (Lipinski definition) is 2. The third-order valence-electron chi connectivity index (χ3n) is 2.94. The van der Waals surface area contributed by atoms with E-state index in [1.807, 2.05) is 24.4 Å². The second-order valence-corrected chi connectivity index (χ2v) is 6.88. The van der Waals surface area contributed by atoms with Crippen molar-refractivity contribution in [1.29, 1.82) is 0 Å². The molecule has 0 aliphatic carbocycles. The Kier molecular flexibility index (Phi) is 4.74. The third kappa shape index (κ3) is 3.17. The van der Waals surface area contributed by atoms with E-state index in [9.17, 15) is 8.42 Å². The highest BCUT2D eigenvalue weighted by atomic mass is 32.2. The minimum atomic E-state index is -3.61. The van der Waals surface area contributed by atoms with E-state index in [-0.39, 0.29) is 10.9 Å². The minimum absolute atomic E-state index is 0.164. The van der Waals surface area contributed by atoms with E-state index in [0.717, 1.165) is 4.88 Å². The van der Waals surface area contributed by atoms with E-state index in [2.05, 4.69) is 15.0 Å². The van der Waals surface area contributed by atoms with Crippen LogP contribution in [-0.2, 0) is 10.0 Å². The first-order valence-corrected chi connectivity index (χ1v) is 8.62. The van der Waals surface area contributed by atoms with Crippen LogP contribution in [0.5, 0.6) is 0 Å². The summed E-state index contributed by atoms with van der Waals surface area (Å²) in [5.41, 5.74) is 0.536. The lowest BCUT2D eigenvalue weighted by Crippen LogP contribution is -2.28. The summed E-state index contributed by atoms with van der Waals surface area (Å²) in [4.78, 5) is 5.07. The van der Waals surface area contributed by atoms with Crippen LogP contribution in [-0.4, -0.2) is 20.4 Å². The molecular formula is C13H17N3O2S2. The van der Waals surface area contributed by atoms with Gasteiger partial charge in [0.25, 0.3) is 0 Å². The largest absolute Gasteiger partial charge is 0.387 e. The molecule has 1 atom stereocenters. The number of hydrogen-bond acceptors (Lipinski definition) is 5. The molecule has 2 aromatic heterocycles. The molecule has 5 nitrogen and oxygen atoms in total. The lowest BCUT2D eigenvalue weighted by atomic mass is 10.2. The molecule has 0 aliphatic heterocycles. The highest BCUT2D eigenvalue weighted by Crippen LogP contribution is 2.26. The van der Waals surface area contributed by atoms with Crippen molar-refractivity contribution in [1.82, 2.24) is 9.71 Å². The van der Waals surface area contributed by atoms with Crippen LogP contribution >= 0.6 is 11.3 Å². The minimum Gasteiger partial charge on any atom is -0.387 e. The second-order valence-electron chi connectivity index (χ2n) is 4.22. The van der Waals surface area contributed by atoms with Crippen molar-refractivity contribution in [2.45, 2.75) is 24.3 Å². The molecule has 0 fully saturated rings. The van der Waals surface area contributed by atoms with Crippen molar-refractivity contribution in [3.8, 4) is 0 Å². The molecule has 0 amide bonds. The van der Waals surface area contributed by atoms with E-state index in [1.54, 1.807) is 30.6 Å². The highest BCUT2D eigenvalue weighted by molar-refractivity contribution is 7.89. The average molecular weight is 311 g/mol. The van der Waals surface area contributed by atoms with Gasteiger partial charge in [0.05, 0.1) is 11.7 Å². The predicted molar refractivity (Wildman–Crippen MR) is 81.5 cm³/mol. The maximum atomic E-state index is 12.5. The quantitative estimate of drug-likeness (QED) is 0.860. The summed E-state index contributed by atoms with van der Waals surface area (Å²) in [5, 5.41) is 4.81. The van der Waals surface area contributed by atoms with Gasteiger partial charge >= 0.3 is 0 Å². The van der Waals surface area contributed by atoms with Gasteiger partial charge in [-0.1, -0.05) is 13.0 Å². The van der Waals surface area contributed by atoms with Gasteiger partial charge in [0, 0.05) is 24.3 Å². The summed E-state index contributed by atoms with van der Waals surface area (Å²) in [5.74, 6) is 0. The lowest BCUT2D eigenvalue weighted by molar-refractivity contribution is 0.553. The number of nitrogens with zero attached hydrogens (tertiary/aromatic N) is 1. The van der Waals surface area contributed by atoms with Gasteiger partial charge in [-0.25, -0.2) is 13.1 Å². The van der Waals surface area contributed by atoms with Gasteiger partial charge in [0.1, 0.15) is 4.90 Å². The fourth-order valence-corrected chi connectivity index (χ4v) is 4.27. The van der Waals surface area contributed by atoms with Crippen LogP contribution in [0.4, 0.5) is 5.69 Å². The molecule has 20 heavy (non-hydrogen) atoms. The summed E-state index contributed by atoms with van der Waals surface area (Å²) in [6, 6.07) is 5.27. The zero-order chi connectivity index (χ0) is 14.6. The SMILES string of the molecule is CCC(NS(=O)(=O)c1cnccc1NC)c1cccs1. The predicted octanol–water partition coefficient (Wildman–Crippen LogP) is 2.61. The van der Waals surface area contributed by atoms with Crippen molar-refractivity contribution in [3.63, 3.8) is 0 Å². The van der Waals surface area contributed by atoms with E-state index < -0.39 is 10.0 Å². The molecule has 2 aromatic rings. The molecule has 0 bridgehead atoms. The molecule has 0 aliphatic rings. The molecule has 0 radical (unpaired) electrons. The second kappa shape index (κ2) is 6.34. The topological polar surface area (TPSA) is 71.1 Å². The first-order chi connectivity index (χ1) is 9.58. The van der Waals surface area contributed by atoms with Crippen molar-refractivity contribution in [3.05, 3.63) is 40.8 Å². The Hall–Kier alpha value is -1.44. The first-order valence-electron chi connectivity index (χ1n) is 6.26. The number of pyridine rings is 1. The molecular weight excluding hydrogens is 294 g/mol. The number of aromatic nitrogens is 1. The molecule has 0 spiro atoms. The Bertz CT molecular complexity index is 654. The van der Waals surface area contributed by atoms with Crippen LogP contribution in [0.1, 0.15) is 24.3 Å². The van der Waals surface area contributed by atoms with E-state index in [0.29, 0.717) is 12.1 Å². The van der Waals surface area contributed by atoms with Crippen LogP contribution in [0.3, 0.4) is 0 Å². The maximum Gasteiger partial charge on any atom is 0.244 e. The molecule has 2 rings (SSSR count). The van der Waals surface area contributed by atoms with Gasteiger partial charge in [0.2, 0.25) is 10.0 Å². The number of sulfonamides is 1. The zero-order valence-corrected chi connectivity index (χ0v) is 13.0. The van der Waals surface area contributed by atoms with Crippen LogP contribution in [0.25, 0.3) is 0 Å². The summed E-state index contributed by atoms with van der Waals surface area (Å²) < 4.78 is 27.7. The summed E-state index contributed by atoms with van der Waals surface area (Å²) in [6.45, 7) is 1.95. The molecule has 0 saturated heterocycles. The summed E-state index contributed by atoms with van der Waals surface area (Å²) >= 11 is 1.54. The van der Waals surface area contributed by atoms with Gasteiger partial charge < -0.3 is 5.32 Å². The molecule has 108 valence electrons. The van der Waals surface area contributed by atoms with E-state index >= 15 is 0 Å². The lowest BCUT2D eigenvalue weighted by Gasteiger charge is -2.17. The smallest absolute Gasteiger partial charge is 0.244 e. The summed E-state index contributed by atoms with van der Waals surface area (Å²) in [7, 11) is -1.92.